The number of benzene rings is 1. The monoisotopic (exact) mass is 259 g/mol. The Labute approximate surface area is 105 Å². The van der Waals surface area contributed by atoms with Crippen molar-refractivity contribution in [3.63, 3.8) is 0 Å². The molecule has 0 bridgehead atoms. The summed E-state index contributed by atoms with van der Waals surface area (Å²) in [5, 5.41) is 9.44. The van der Waals surface area contributed by atoms with E-state index in [-0.39, 0.29) is 0 Å². The standard InChI is InChI=1S/C12H15ClFNO2/c1-7(12(16)17)11(15(2)3)9-6-8(13)4-5-10(9)14/h4-7,11H,1-3H3,(H,16,17). The van der Waals surface area contributed by atoms with Crippen LogP contribution in [0.15, 0.2) is 18.2 Å². The van der Waals surface area contributed by atoms with Gasteiger partial charge in [-0.2, -0.15) is 0 Å². The van der Waals surface area contributed by atoms with Gasteiger partial charge in [0.2, 0.25) is 0 Å². The third-order valence-corrected chi connectivity index (χ3v) is 2.93. The summed E-state index contributed by atoms with van der Waals surface area (Å²) in [5.74, 6) is -2.14. The van der Waals surface area contributed by atoms with E-state index >= 15 is 0 Å². The molecule has 3 nitrogen and oxygen atoms in total. The van der Waals surface area contributed by atoms with E-state index in [0.717, 1.165) is 0 Å². The first-order valence-electron chi connectivity index (χ1n) is 5.18. The van der Waals surface area contributed by atoms with Gasteiger partial charge in [-0.3, -0.25) is 4.79 Å². The van der Waals surface area contributed by atoms with Gasteiger partial charge in [0.15, 0.2) is 0 Å². The van der Waals surface area contributed by atoms with E-state index in [4.69, 9.17) is 16.7 Å². The number of carboxylic acid groups (broad SMARTS) is 1. The predicted molar refractivity (Wildman–Crippen MR) is 64.6 cm³/mol. The maximum absolute atomic E-state index is 13.7. The number of hydrogen-bond donors (Lipinski definition) is 1. The van der Waals surface area contributed by atoms with Crippen LogP contribution in [-0.2, 0) is 4.79 Å². The average molecular weight is 260 g/mol. The van der Waals surface area contributed by atoms with Crippen LogP contribution >= 0.6 is 11.6 Å². The van der Waals surface area contributed by atoms with Crippen LogP contribution in [0.5, 0.6) is 0 Å². The summed E-state index contributed by atoms with van der Waals surface area (Å²) in [6.07, 6.45) is 0. The summed E-state index contributed by atoms with van der Waals surface area (Å²) < 4.78 is 13.7. The molecule has 1 aromatic carbocycles. The fourth-order valence-electron chi connectivity index (χ4n) is 1.87. The van der Waals surface area contributed by atoms with Gasteiger partial charge in [0.05, 0.1) is 12.0 Å². The Morgan fingerprint density at radius 2 is 2.06 bits per heavy atom. The maximum atomic E-state index is 13.7. The third kappa shape index (κ3) is 3.17. The van der Waals surface area contributed by atoms with Crippen molar-refractivity contribution in [2.45, 2.75) is 13.0 Å². The molecule has 0 fully saturated rings. The van der Waals surface area contributed by atoms with E-state index in [1.165, 1.54) is 18.2 Å². The lowest BCUT2D eigenvalue weighted by atomic mass is 9.93. The molecule has 2 atom stereocenters. The van der Waals surface area contributed by atoms with Crippen LogP contribution in [0, 0.1) is 11.7 Å². The molecule has 5 heteroatoms. The lowest BCUT2D eigenvalue weighted by Crippen LogP contribution is -2.31. The number of carbonyl (C=O) groups is 1. The molecule has 17 heavy (non-hydrogen) atoms. The topological polar surface area (TPSA) is 40.5 Å². The predicted octanol–water partition coefficient (Wildman–Crippen LogP) is 2.80. The molecule has 0 aliphatic heterocycles. The van der Waals surface area contributed by atoms with Crippen LogP contribution in [0.1, 0.15) is 18.5 Å². The summed E-state index contributed by atoms with van der Waals surface area (Å²) in [6.45, 7) is 1.55. The lowest BCUT2D eigenvalue weighted by molar-refractivity contribution is -0.143. The molecule has 0 spiro atoms. The second kappa shape index (κ2) is 5.47. The molecule has 2 unspecified atom stereocenters. The number of rotatable bonds is 4. The van der Waals surface area contributed by atoms with E-state index < -0.39 is 23.7 Å². The van der Waals surface area contributed by atoms with Crippen LogP contribution in [0.4, 0.5) is 4.39 Å². The highest BCUT2D eigenvalue weighted by Gasteiger charge is 2.29. The van der Waals surface area contributed by atoms with Crippen molar-refractivity contribution < 1.29 is 14.3 Å². The molecule has 0 aliphatic rings. The zero-order valence-electron chi connectivity index (χ0n) is 9.95. The SMILES string of the molecule is CC(C(=O)O)C(c1cc(Cl)ccc1F)N(C)C. The molecule has 1 aromatic rings. The van der Waals surface area contributed by atoms with E-state index in [2.05, 4.69) is 0 Å². The summed E-state index contributed by atoms with van der Waals surface area (Å²) in [7, 11) is 3.43. The molecule has 1 N–H and O–H groups in total. The molecule has 0 saturated heterocycles. The Morgan fingerprint density at radius 1 is 1.47 bits per heavy atom. The van der Waals surface area contributed by atoms with E-state index in [0.29, 0.717) is 10.6 Å². The van der Waals surface area contributed by atoms with E-state index in [1.807, 2.05) is 0 Å². The Morgan fingerprint density at radius 3 is 2.53 bits per heavy atom. The minimum atomic E-state index is -0.969. The second-order valence-corrected chi connectivity index (χ2v) is 4.64. The number of halogens is 2. The van der Waals surface area contributed by atoms with E-state index in [9.17, 15) is 9.18 Å². The van der Waals surface area contributed by atoms with Gasteiger partial charge in [-0.05, 0) is 32.3 Å². The second-order valence-electron chi connectivity index (χ2n) is 4.20. The number of carboxylic acids is 1. The van der Waals surface area contributed by atoms with Crippen LogP contribution in [0.2, 0.25) is 5.02 Å². The molecule has 0 saturated carbocycles. The van der Waals surface area contributed by atoms with Crippen molar-refractivity contribution in [3.8, 4) is 0 Å². The molecule has 94 valence electrons. The van der Waals surface area contributed by atoms with Crippen LogP contribution < -0.4 is 0 Å². The molecule has 0 amide bonds. The summed E-state index contributed by atoms with van der Waals surface area (Å²) in [4.78, 5) is 12.7. The van der Waals surface area contributed by atoms with Gasteiger partial charge in [0, 0.05) is 10.6 Å². The van der Waals surface area contributed by atoms with Crippen molar-refractivity contribution in [1.82, 2.24) is 4.90 Å². The molecular formula is C12H15ClFNO2. The Bertz CT molecular complexity index is 423. The average Bonchev–Trinajstić information content (AvgIpc) is 2.22. The van der Waals surface area contributed by atoms with Crippen LogP contribution in [0.3, 0.4) is 0 Å². The highest BCUT2D eigenvalue weighted by molar-refractivity contribution is 6.30. The van der Waals surface area contributed by atoms with Crippen molar-refractivity contribution in [3.05, 3.63) is 34.6 Å². The fourth-order valence-corrected chi connectivity index (χ4v) is 2.05. The molecule has 0 aliphatic carbocycles. The first-order valence-corrected chi connectivity index (χ1v) is 5.56. The van der Waals surface area contributed by atoms with Crippen molar-refractivity contribution in [2.75, 3.05) is 14.1 Å². The first-order chi connectivity index (χ1) is 7.84. The van der Waals surface area contributed by atoms with Gasteiger partial charge in [0.25, 0.3) is 0 Å². The number of aliphatic carboxylic acids is 1. The highest BCUT2D eigenvalue weighted by Crippen LogP contribution is 2.30. The fraction of sp³-hybridized carbons (Fsp3) is 0.417. The Kier molecular flexibility index (Phi) is 4.48. The Hall–Kier alpha value is -1.13. The summed E-state index contributed by atoms with van der Waals surface area (Å²) in [6, 6.07) is 3.62. The van der Waals surface area contributed by atoms with E-state index in [1.54, 1.807) is 25.9 Å². The molecule has 0 heterocycles. The quantitative estimate of drug-likeness (QED) is 0.904. The number of hydrogen-bond acceptors (Lipinski definition) is 2. The van der Waals surface area contributed by atoms with Gasteiger partial charge < -0.3 is 10.0 Å². The number of nitrogens with zero attached hydrogens (tertiary/aromatic N) is 1. The van der Waals surface area contributed by atoms with Crippen LogP contribution in [0.25, 0.3) is 0 Å². The van der Waals surface area contributed by atoms with Crippen molar-refractivity contribution >= 4 is 17.6 Å². The third-order valence-electron chi connectivity index (χ3n) is 2.70. The zero-order chi connectivity index (χ0) is 13.2. The van der Waals surface area contributed by atoms with Crippen molar-refractivity contribution in [1.29, 1.82) is 0 Å². The lowest BCUT2D eigenvalue weighted by Gasteiger charge is -2.28. The zero-order valence-corrected chi connectivity index (χ0v) is 10.7. The first kappa shape index (κ1) is 13.9. The Balaban J connectivity index is 3.22. The minimum absolute atomic E-state index is 0.303. The van der Waals surface area contributed by atoms with Crippen LogP contribution in [-0.4, -0.2) is 30.1 Å². The van der Waals surface area contributed by atoms with Gasteiger partial charge in [-0.1, -0.05) is 18.5 Å². The smallest absolute Gasteiger partial charge is 0.308 e. The van der Waals surface area contributed by atoms with Gasteiger partial charge >= 0.3 is 5.97 Å². The molecule has 0 aromatic heterocycles. The van der Waals surface area contributed by atoms with Gasteiger partial charge in [0.1, 0.15) is 5.82 Å². The largest absolute Gasteiger partial charge is 0.481 e. The minimum Gasteiger partial charge on any atom is -0.481 e. The van der Waals surface area contributed by atoms with Gasteiger partial charge in [-0.15, -0.1) is 0 Å². The highest BCUT2D eigenvalue weighted by atomic mass is 35.5. The summed E-state index contributed by atoms with van der Waals surface area (Å²) >= 11 is 5.82. The van der Waals surface area contributed by atoms with Gasteiger partial charge in [-0.25, -0.2) is 4.39 Å². The summed E-state index contributed by atoms with van der Waals surface area (Å²) in [5.41, 5.74) is 0.303. The molecule has 1 rings (SSSR count). The normalized spacial score (nSPS) is 14.7. The molecule has 0 radical (unpaired) electrons. The van der Waals surface area contributed by atoms with Crippen molar-refractivity contribution in [2.24, 2.45) is 5.92 Å². The maximum Gasteiger partial charge on any atom is 0.308 e. The molecular weight excluding hydrogens is 245 g/mol.